The third kappa shape index (κ3) is 4.31. The number of hydrogen-bond acceptors (Lipinski definition) is 2. The molecule has 0 aromatic heterocycles. The van der Waals surface area contributed by atoms with E-state index in [9.17, 15) is 0 Å². The summed E-state index contributed by atoms with van der Waals surface area (Å²) in [5.74, 6) is 5.99. The van der Waals surface area contributed by atoms with Crippen molar-refractivity contribution in [3.05, 3.63) is 35.4 Å². The monoisotopic (exact) mass is 220 g/mol. The van der Waals surface area contributed by atoms with Crippen molar-refractivity contribution in [3.8, 4) is 0 Å². The second-order valence-electron chi connectivity index (χ2n) is 4.09. The van der Waals surface area contributed by atoms with Gasteiger partial charge in [-0.15, -0.1) is 0 Å². The highest BCUT2D eigenvalue weighted by Gasteiger charge is 1.98. The maximum Gasteiger partial charge on any atom is 0.206 e. The molecule has 0 aliphatic rings. The van der Waals surface area contributed by atoms with Gasteiger partial charge in [0, 0.05) is 6.04 Å². The minimum atomic E-state index is 0.313. The van der Waals surface area contributed by atoms with Crippen LogP contribution in [-0.4, -0.2) is 12.0 Å². The third-order valence-electron chi connectivity index (χ3n) is 2.10. The number of hydrazine groups is 1. The van der Waals surface area contributed by atoms with Crippen molar-refractivity contribution in [2.75, 3.05) is 0 Å². The molecule has 0 bridgehead atoms. The number of nitrogens with one attached hydrogen (secondary N) is 2. The third-order valence-corrected chi connectivity index (χ3v) is 2.10. The minimum Gasteiger partial charge on any atom is -0.353 e. The van der Waals surface area contributed by atoms with E-state index in [1.807, 2.05) is 13.8 Å². The number of aryl methyl sites for hydroxylation is 1. The van der Waals surface area contributed by atoms with E-state index in [1.54, 1.807) is 0 Å². The average Bonchev–Trinajstić information content (AvgIpc) is 2.26. The first-order valence-corrected chi connectivity index (χ1v) is 5.45. The van der Waals surface area contributed by atoms with Crippen LogP contribution in [0.5, 0.6) is 0 Å². The molecule has 0 amide bonds. The van der Waals surface area contributed by atoms with Gasteiger partial charge >= 0.3 is 0 Å². The standard InChI is InChI=1S/C12H20N4/c1-9(2)15-12(16-13)14-8-11-6-4-10(3)5-7-11/h4-7,9H,8,13H2,1-3H3,(H2,14,15,16). The summed E-state index contributed by atoms with van der Waals surface area (Å²) < 4.78 is 0. The molecule has 0 saturated heterocycles. The smallest absolute Gasteiger partial charge is 0.206 e. The van der Waals surface area contributed by atoms with Crippen LogP contribution in [0.1, 0.15) is 25.0 Å². The molecular weight excluding hydrogens is 200 g/mol. The molecule has 0 spiro atoms. The summed E-state index contributed by atoms with van der Waals surface area (Å²) in [7, 11) is 0. The molecule has 0 unspecified atom stereocenters. The molecular formula is C12H20N4. The Bertz CT molecular complexity index is 341. The summed E-state index contributed by atoms with van der Waals surface area (Å²) in [6, 6.07) is 8.62. The molecule has 0 radical (unpaired) electrons. The molecule has 0 heterocycles. The number of aliphatic imine (C=N–C) groups is 1. The predicted molar refractivity (Wildman–Crippen MR) is 67.9 cm³/mol. The molecule has 88 valence electrons. The molecule has 4 nitrogen and oxygen atoms in total. The Hall–Kier alpha value is -1.55. The summed E-state index contributed by atoms with van der Waals surface area (Å²) in [6.07, 6.45) is 0. The van der Waals surface area contributed by atoms with Gasteiger partial charge in [-0.25, -0.2) is 10.8 Å². The molecule has 1 aromatic rings. The molecule has 4 N–H and O–H groups in total. The van der Waals surface area contributed by atoms with Gasteiger partial charge in [0.2, 0.25) is 5.96 Å². The Morgan fingerprint density at radius 3 is 2.44 bits per heavy atom. The van der Waals surface area contributed by atoms with Crippen molar-refractivity contribution < 1.29 is 0 Å². The van der Waals surface area contributed by atoms with Crippen molar-refractivity contribution in [2.24, 2.45) is 10.8 Å². The van der Waals surface area contributed by atoms with Crippen molar-refractivity contribution in [1.29, 1.82) is 0 Å². The fraction of sp³-hybridized carbons (Fsp3) is 0.417. The second-order valence-corrected chi connectivity index (χ2v) is 4.09. The summed E-state index contributed by atoms with van der Waals surface area (Å²) in [5, 5.41) is 3.13. The number of nitrogens with two attached hydrogens (primary N) is 1. The topological polar surface area (TPSA) is 62.4 Å². The van der Waals surface area contributed by atoms with E-state index in [0.717, 1.165) is 0 Å². The Morgan fingerprint density at radius 1 is 1.31 bits per heavy atom. The highest BCUT2D eigenvalue weighted by molar-refractivity contribution is 5.79. The normalized spacial score (nSPS) is 11.7. The van der Waals surface area contributed by atoms with Crippen LogP contribution < -0.4 is 16.6 Å². The lowest BCUT2D eigenvalue weighted by atomic mass is 10.1. The largest absolute Gasteiger partial charge is 0.353 e. The van der Waals surface area contributed by atoms with Crippen LogP contribution in [0.3, 0.4) is 0 Å². The number of nitrogens with zero attached hydrogens (tertiary/aromatic N) is 1. The lowest BCUT2D eigenvalue weighted by Gasteiger charge is -2.11. The fourth-order valence-electron chi connectivity index (χ4n) is 1.27. The van der Waals surface area contributed by atoms with Gasteiger partial charge in [-0.05, 0) is 26.3 Å². The Morgan fingerprint density at radius 2 is 1.94 bits per heavy atom. The zero-order chi connectivity index (χ0) is 12.0. The lowest BCUT2D eigenvalue weighted by Crippen LogP contribution is -2.44. The molecule has 0 atom stereocenters. The van der Waals surface area contributed by atoms with E-state index in [1.165, 1.54) is 11.1 Å². The van der Waals surface area contributed by atoms with E-state index in [4.69, 9.17) is 5.84 Å². The predicted octanol–water partition coefficient (Wildman–Crippen LogP) is 1.31. The highest BCUT2D eigenvalue weighted by Crippen LogP contribution is 2.04. The molecule has 0 saturated carbocycles. The van der Waals surface area contributed by atoms with Crippen LogP contribution in [0.15, 0.2) is 29.3 Å². The Balaban J connectivity index is 2.59. The van der Waals surface area contributed by atoms with Crippen molar-refractivity contribution >= 4 is 5.96 Å². The molecule has 1 rings (SSSR count). The van der Waals surface area contributed by atoms with Crippen LogP contribution in [0.25, 0.3) is 0 Å². The fourth-order valence-corrected chi connectivity index (χ4v) is 1.27. The second kappa shape index (κ2) is 6.12. The van der Waals surface area contributed by atoms with Gasteiger partial charge in [-0.1, -0.05) is 29.8 Å². The summed E-state index contributed by atoms with van der Waals surface area (Å²) in [5.41, 5.74) is 4.98. The van der Waals surface area contributed by atoms with Crippen LogP contribution in [0.4, 0.5) is 0 Å². The average molecular weight is 220 g/mol. The molecule has 16 heavy (non-hydrogen) atoms. The molecule has 0 aliphatic carbocycles. The van der Waals surface area contributed by atoms with Crippen LogP contribution in [-0.2, 0) is 6.54 Å². The summed E-state index contributed by atoms with van der Waals surface area (Å²) in [6.45, 7) is 6.78. The first-order valence-electron chi connectivity index (χ1n) is 5.45. The first-order chi connectivity index (χ1) is 7.61. The minimum absolute atomic E-state index is 0.313. The van der Waals surface area contributed by atoms with Gasteiger partial charge in [-0.3, -0.25) is 5.43 Å². The van der Waals surface area contributed by atoms with Crippen molar-refractivity contribution in [3.63, 3.8) is 0 Å². The summed E-state index contributed by atoms with van der Waals surface area (Å²) >= 11 is 0. The van der Waals surface area contributed by atoms with E-state index < -0.39 is 0 Å². The first kappa shape index (κ1) is 12.5. The molecule has 0 fully saturated rings. The maximum atomic E-state index is 5.37. The van der Waals surface area contributed by atoms with Gasteiger partial charge in [0.15, 0.2) is 0 Å². The van der Waals surface area contributed by atoms with E-state index in [0.29, 0.717) is 18.5 Å². The number of guanidine groups is 1. The van der Waals surface area contributed by atoms with Gasteiger partial charge < -0.3 is 5.32 Å². The zero-order valence-corrected chi connectivity index (χ0v) is 10.1. The quantitative estimate of drug-likeness (QED) is 0.311. The number of benzene rings is 1. The Kier molecular flexibility index (Phi) is 4.79. The van der Waals surface area contributed by atoms with E-state index in [2.05, 4.69) is 46.9 Å². The highest BCUT2D eigenvalue weighted by atomic mass is 15.3. The van der Waals surface area contributed by atoms with Gasteiger partial charge in [-0.2, -0.15) is 0 Å². The number of hydrogen-bond donors (Lipinski definition) is 3. The van der Waals surface area contributed by atoms with Crippen molar-refractivity contribution in [2.45, 2.75) is 33.4 Å². The van der Waals surface area contributed by atoms with Crippen LogP contribution in [0, 0.1) is 6.92 Å². The maximum absolute atomic E-state index is 5.37. The van der Waals surface area contributed by atoms with Gasteiger partial charge in [0.1, 0.15) is 0 Å². The SMILES string of the molecule is Cc1ccc(CN=C(NN)NC(C)C)cc1. The molecule has 4 heteroatoms. The van der Waals surface area contributed by atoms with Crippen LogP contribution in [0.2, 0.25) is 0 Å². The molecule has 1 aromatic carbocycles. The lowest BCUT2D eigenvalue weighted by molar-refractivity contribution is 0.702. The van der Waals surface area contributed by atoms with E-state index in [-0.39, 0.29) is 0 Å². The van der Waals surface area contributed by atoms with Crippen molar-refractivity contribution in [1.82, 2.24) is 10.7 Å². The Labute approximate surface area is 96.9 Å². The van der Waals surface area contributed by atoms with E-state index >= 15 is 0 Å². The van der Waals surface area contributed by atoms with Gasteiger partial charge in [0.05, 0.1) is 6.54 Å². The summed E-state index contributed by atoms with van der Waals surface area (Å²) in [4.78, 5) is 4.35. The van der Waals surface area contributed by atoms with Crippen LogP contribution >= 0.6 is 0 Å². The number of rotatable bonds is 3. The molecule has 0 aliphatic heterocycles. The zero-order valence-electron chi connectivity index (χ0n) is 10.1. The van der Waals surface area contributed by atoms with Gasteiger partial charge in [0.25, 0.3) is 0 Å².